The van der Waals surface area contributed by atoms with Crippen molar-refractivity contribution < 1.29 is 9.84 Å². The van der Waals surface area contributed by atoms with Gasteiger partial charge in [-0.15, -0.1) is 0 Å². The molecule has 1 fully saturated rings. The zero-order chi connectivity index (χ0) is 13.1. The lowest BCUT2D eigenvalue weighted by atomic mass is 9.95. The fourth-order valence-electron chi connectivity index (χ4n) is 2.55. The number of piperidine rings is 1. The first kappa shape index (κ1) is 13.3. The summed E-state index contributed by atoms with van der Waals surface area (Å²) in [5, 5.41) is 9.42. The molecule has 1 aromatic heterocycles. The first-order valence-corrected chi connectivity index (χ1v) is 6.49. The Hall–Kier alpha value is -1.13. The lowest BCUT2D eigenvalue weighted by Gasteiger charge is -2.38. The molecule has 1 aliphatic heterocycles. The minimum Gasteiger partial charge on any atom is -0.392 e. The van der Waals surface area contributed by atoms with Crippen LogP contribution in [0.15, 0.2) is 12.3 Å². The van der Waals surface area contributed by atoms with Crippen molar-refractivity contribution in [2.24, 2.45) is 5.92 Å². The van der Waals surface area contributed by atoms with Gasteiger partial charge >= 0.3 is 0 Å². The molecular formula is C14H22N2O2. The van der Waals surface area contributed by atoms with E-state index in [1.807, 2.05) is 13.0 Å². The summed E-state index contributed by atoms with van der Waals surface area (Å²) in [6.45, 7) is 6.14. The van der Waals surface area contributed by atoms with Crippen molar-refractivity contribution >= 4 is 5.69 Å². The second-order valence-electron chi connectivity index (χ2n) is 5.10. The Bertz CT molecular complexity index is 409. The van der Waals surface area contributed by atoms with Crippen LogP contribution in [0.5, 0.6) is 0 Å². The van der Waals surface area contributed by atoms with E-state index < -0.39 is 0 Å². The molecule has 4 nitrogen and oxygen atoms in total. The molecule has 2 rings (SSSR count). The predicted molar refractivity (Wildman–Crippen MR) is 71.7 cm³/mol. The standard InChI is InChI=1S/C14H22N2O2/c1-10-4-5-16(8-14(10)18-3)13-6-11(2)15-7-12(13)9-17/h6-7,10,14,17H,4-5,8-9H2,1-3H3. The molecule has 0 aliphatic carbocycles. The van der Waals surface area contributed by atoms with E-state index in [2.05, 4.69) is 16.8 Å². The number of methoxy groups -OCH3 is 1. The van der Waals surface area contributed by atoms with Crippen LogP contribution < -0.4 is 4.90 Å². The summed E-state index contributed by atoms with van der Waals surface area (Å²) in [4.78, 5) is 6.54. The largest absolute Gasteiger partial charge is 0.392 e. The highest BCUT2D eigenvalue weighted by Gasteiger charge is 2.27. The molecule has 1 aliphatic rings. The summed E-state index contributed by atoms with van der Waals surface area (Å²) in [6, 6.07) is 2.05. The number of aliphatic hydroxyl groups is 1. The minimum atomic E-state index is 0.0340. The van der Waals surface area contributed by atoms with E-state index in [9.17, 15) is 5.11 Å². The second kappa shape index (κ2) is 5.67. The third-order valence-electron chi connectivity index (χ3n) is 3.80. The van der Waals surface area contributed by atoms with E-state index in [0.29, 0.717) is 5.92 Å². The third-order valence-corrected chi connectivity index (χ3v) is 3.80. The number of aryl methyl sites for hydroxylation is 1. The van der Waals surface area contributed by atoms with E-state index >= 15 is 0 Å². The Kier molecular flexibility index (Phi) is 4.19. The van der Waals surface area contributed by atoms with E-state index in [0.717, 1.165) is 36.5 Å². The number of hydrogen-bond donors (Lipinski definition) is 1. The summed E-state index contributed by atoms with van der Waals surface area (Å²) in [6.07, 6.45) is 3.15. The highest BCUT2D eigenvalue weighted by Crippen LogP contribution is 2.27. The summed E-state index contributed by atoms with van der Waals surface area (Å²) in [5.41, 5.74) is 2.97. The molecule has 2 atom stereocenters. The van der Waals surface area contributed by atoms with Gasteiger partial charge in [-0.05, 0) is 25.3 Å². The van der Waals surface area contributed by atoms with Crippen LogP contribution in [0, 0.1) is 12.8 Å². The van der Waals surface area contributed by atoms with Crippen LogP contribution in [0.25, 0.3) is 0 Å². The van der Waals surface area contributed by atoms with Gasteiger partial charge in [-0.1, -0.05) is 6.92 Å². The van der Waals surface area contributed by atoms with Crippen molar-refractivity contribution in [3.05, 3.63) is 23.5 Å². The Labute approximate surface area is 109 Å². The summed E-state index contributed by atoms with van der Waals surface area (Å²) in [5.74, 6) is 0.590. The van der Waals surface area contributed by atoms with Gasteiger partial charge in [-0.2, -0.15) is 0 Å². The fourth-order valence-corrected chi connectivity index (χ4v) is 2.55. The summed E-state index contributed by atoms with van der Waals surface area (Å²) < 4.78 is 5.54. The van der Waals surface area contributed by atoms with E-state index in [-0.39, 0.29) is 12.7 Å². The summed E-state index contributed by atoms with van der Waals surface area (Å²) >= 11 is 0. The Morgan fingerprint density at radius 1 is 1.56 bits per heavy atom. The van der Waals surface area contributed by atoms with Gasteiger partial charge in [0, 0.05) is 43.3 Å². The van der Waals surface area contributed by atoms with Crippen molar-refractivity contribution in [2.75, 3.05) is 25.1 Å². The maximum Gasteiger partial charge on any atom is 0.0772 e. The lowest BCUT2D eigenvalue weighted by Crippen LogP contribution is -2.44. The number of rotatable bonds is 3. The zero-order valence-electron chi connectivity index (χ0n) is 11.4. The lowest BCUT2D eigenvalue weighted by molar-refractivity contribution is 0.0497. The molecule has 1 N–H and O–H groups in total. The molecule has 0 radical (unpaired) electrons. The number of hydrogen-bond acceptors (Lipinski definition) is 4. The Morgan fingerprint density at radius 3 is 3.00 bits per heavy atom. The van der Waals surface area contributed by atoms with Crippen LogP contribution in [0.2, 0.25) is 0 Å². The molecule has 1 saturated heterocycles. The number of aliphatic hydroxyl groups excluding tert-OH is 1. The Morgan fingerprint density at radius 2 is 2.33 bits per heavy atom. The normalized spacial score (nSPS) is 24.3. The molecule has 18 heavy (non-hydrogen) atoms. The van der Waals surface area contributed by atoms with E-state index in [4.69, 9.17) is 4.74 Å². The quantitative estimate of drug-likeness (QED) is 0.887. The van der Waals surface area contributed by atoms with Crippen molar-refractivity contribution in [1.29, 1.82) is 0 Å². The van der Waals surface area contributed by atoms with Crippen LogP contribution in [-0.4, -0.2) is 36.4 Å². The van der Waals surface area contributed by atoms with Crippen LogP contribution >= 0.6 is 0 Å². The monoisotopic (exact) mass is 250 g/mol. The van der Waals surface area contributed by atoms with Crippen LogP contribution in [0.1, 0.15) is 24.6 Å². The average molecular weight is 250 g/mol. The number of pyridine rings is 1. The van der Waals surface area contributed by atoms with Gasteiger partial charge in [0.1, 0.15) is 0 Å². The number of anilines is 1. The van der Waals surface area contributed by atoms with Gasteiger partial charge in [0.15, 0.2) is 0 Å². The molecule has 0 aromatic carbocycles. The molecule has 100 valence electrons. The smallest absolute Gasteiger partial charge is 0.0772 e. The molecule has 0 saturated carbocycles. The van der Waals surface area contributed by atoms with E-state index in [1.54, 1.807) is 13.3 Å². The van der Waals surface area contributed by atoms with Crippen molar-refractivity contribution in [1.82, 2.24) is 4.98 Å². The van der Waals surface area contributed by atoms with Crippen LogP contribution in [-0.2, 0) is 11.3 Å². The highest BCUT2D eigenvalue weighted by molar-refractivity contribution is 5.53. The van der Waals surface area contributed by atoms with Crippen LogP contribution in [0.4, 0.5) is 5.69 Å². The minimum absolute atomic E-state index is 0.0340. The molecule has 2 unspecified atom stereocenters. The number of ether oxygens (including phenoxy) is 1. The van der Waals surface area contributed by atoms with Crippen molar-refractivity contribution in [3.63, 3.8) is 0 Å². The molecule has 2 heterocycles. The van der Waals surface area contributed by atoms with Gasteiger partial charge in [0.25, 0.3) is 0 Å². The van der Waals surface area contributed by atoms with E-state index in [1.165, 1.54) is 0 Å². The molecule has 4 heteroatoms. The molecule has 0 bridgehead atoms. The first-order valence-electron chi connectivity index (χ1n) is 6.49. The Balaban J connectivity index is 2.23. The number of nitrogens with zero attached hydrogens (tertiary/aromatic N) is 2. The van der Waals surface area contributed by atoms with Gasteiger partial charge in [0.2, 0.25) is 0 Å². The molecule has 1 aromatic rings. The van der Waals surface area contributed by atoms with Gasteiger partial charge in [0.05, 0.1) is 12.7 Å². The predicted octanol–water partition coefficient (Wildman–Crippen LogP) is 1.74. The van der Waals surface area contributed by atoms with Gasteiger partial charge in [-0.3, -0.25) is 4.98 Å². The SMILES string of the molecule is COC1CN(c2cc(C)ncc2CO)CCC1C. The van der Waals surface area contributed by atoms with Crippen molar-refractivity contribution in [3.8, 4) is 0 Å². The summed E-state index contributed by atoms with van der Waals surface area (Å²) in [7, 11) is 1.77. The third kappa shape index (κ3) is 2.65. The fraction of sp³-hybridized carbons (Fsp3) is 0.643. The van der Waals surface area contributed by atoms with Crippen LogP contribution in [0.3, 0.4) is 0 Å². The topological polar surface area (TPSA) is 45.6 Å². The van der Waals surface area contributed by atoms with Crippen molar-refractivity contribution in [2.45, 2.75) is 33.0 Å². The average Bonchev–Trinajstić information content (AvgIpc) is 2.39. The zero-order valence-corrected chi connectivity index (χ0v) is 11.4. The van der Waals surface area contributed by atoms with Gasteiger partial charge < -0.3 is 14.7 Å². The molecule has 0 amide bonds. The maximum atomic E-state index is 9.42. The first-order chi connectivity index (χ1) is 8.65. The second-order valence-corrected chi connectivity index (χ2v) is 5.10. The highest BCUT2D eigenvalue weighted by atomic mass is 16.5. The molecular weight excluding hydrogens is 228 g/mol. The maximum absolute atomic E-state index is 9.42. The van der Waals surface area contributed by atoms with Gasteiger partial charge in [-0.25, -0.2) is 0 Å². The molecule has 0 spiro atoms. The number of aromatic nitrogens is 1.